The molecule has 1 aliphatic carbocycles. The molecule has 0 saturated heterocycles. The van der Waals surface area contributed by atoms with Crippen molar-refractivity contribution in [1.29, 1.82) is 0 Å². The van der Waals surface area contributed by atoms with Crippen LogP contribution in [-0.2, 0) is 24.3 Å². The van der Waals surface area contributed by atoms with E-state index >= 15 is 0 Å². The van der Waals surface area contributed by atoms with E-state index in [-0.39, 0.29) is 5.56 Å². The Balaban J connectivity index is 2.01. The highest BCUT2D eigenvalue weighted by Crippen LogP contribution is 2.31. The van der Waals surface area contributed by atoms with Crippen LogP contribution < -0.4 is 5.56 Å². The molecule has 0 bridgehead atoms. The van der Waals surface area contributed by atoms with Gasteiger partial charge in [0.1, 0.15) is 6.33 Å². The van der Waals surface area contributed by atoms with Crippen molar-refractivity contribution in [3.05, 3.63) is 28.1 Å². The lowest BCUT2D eigenvalue weighted by Gasteiger charge is -2.22. The molecule has 0 aromatic carbocycles. The molecule has 0 radical (unpaired) electrons. The lowest BCUT2D eigenvalue weighted by molar-refractivity contribution is 0.102. The van der Waals surface area contributed by atoms with Gasteiger partial charge in [0.15, 0.2) is 0 Å². The highest BCUT2D eigenvalue weighted by Gasteiger charge is 2.27. The average Bonchev–Trinajstić information content (AvgIpc) is 3.07. The molecule has 6 heteroatoms. The first kappa shape index (κ1) is 10.3. The molecule has 18 heavy (non-hydrogen) atoms. The molecule has 0 N–H and O–H groups in total. The van der Waals surface area contributed by atoms with Gasteiger partial charge in [0, 0.05) is 18.7 Å². The minimum atomic E-state index is -0.0138. The van der Waals surface area contributed by atoms with E-state index in [0.717, 1.165) is 24.4 Å². The molecule has 1 aliphatic heterocycles. The Bertz CT molecular complexity index is 669. The fourth-order valence-electron chi connectivity index (χ4n) is 2.64. The minimum absolute atomic E-state index is 0.0138. The summed E-state index contributed by atoms with van der Waals surface area (Å²) in [5.41, 5.74) is 2.53. The van der Waals surface area contributed by atoms with Gasteiger partial charge in [0.25, 0.3) is 5.56 Å². The van der Waals surface area contributed by atoms with Gasteiger partial charge in [-0.25, -0.2) is 0 Å². The second-order valence-electron chi connectivity index (χ2n) is 5.08. The number of ether oxygens (including phenoxy) is 1. The molecule has 2 aromatic heterocycles. The minimum Gasteiger partial charge on any atom is -0.375 e. The molecule has 94 valence electrons. The second-order valence-corrected chi connectivity index (χ2v) is 5.08. The highest BCUT2D eigenvalue weighted by molar-refractivity contribution is 5.38. The van der Waals surface area contributed by atoms with Gasteiger partial charge in [0.2, 0.25) is 5.65 Å². The number of fused-ring (bicyclic) bond motifs is 3. The molecule has 2 aromatic rings. The molecular formula is C12H14N4O2. The Labute approximate surface area is 103 Å². The summed E-state index contributed by atoms with van der Waals surface area (Å²) in [7, 11) is 0. The summed E-state index contributed by atoms with van der Waals surface area (Å²) in [6.45, 7) is 2.05. The highest BCUT2D eigenvalue weighted by atomic mass is 16.5. The predicted molar refractivity (Wildman–Crippen MR) is 63.3 cm³/mol. The molecule has 0 atom stereocenters. The lowest BCUT2D eigenvalue weighted by atomic mass is 10.2. The Hall–Kier alpha value is -1.69. The third-order valence-corrected chi connectivity index (χ3v) is 3.79. The number of nitrogens with zero attached hydrogens (tertiary/aromatic N) is 4. The first-order chi connectivity index (χ1) is 8.84. The summed E-state index contributed by atoms with van der Waals surface area (Å²) in [5.74, 6) is 0.667. The topological polar surface area (TPSA) is 61.4 Å². The van der Waals surface area contributed by atoms with Crippen LogP contribution in [0.1, 0.15) is 24.2 Å². The van der Waals surface area contributed by atoms with Crippen molar-refractivity contribution in [2.75, 3.05) is 6.61 Å². The number of hydrogen-bond acceptors (Lipinski definition) is 4. The molecule has 1 fully saturated rings. The third-order valence-electron chi connectivity index (χ3n) is 3.79. The smallest absolute Gasteiger partial charge is 0.296 e. The molecule has 4 rings (SSSR count). The zero-order valence-corrected chi connectivity index (χ0v) is 10.0. The Kier molecular flexibility index (Phi) is 2.08. The summed E-state index contributed by atoms with van der Waals surface area (Å²) >= 11 is 0. The van der Waals surface area contributed by atoms with Crippen LogP contribution in [0.15, 0.2) is 11.1 Å². The van der Waals surface area contributed by atoms with Crippen LogP contribution in [0, 0.1) is 5.92 Å². The van der Waals surface area contributed by atoms with E-state index in [0.29, 0.717) is 24.8 Å². The number of rotatable bonds is 2. The molecule has 3 heterocycles. The predicted octanol–water partition coefficient (Wildman–Crippen LogP) is 0.374. The third kappa shape index (κ3) is 1.42. The van der Waals surface area contributed by atoms with E-state index in [1.165, 1.54) is 12.8 Å². The zero-order valence-electron chi connectivity index (χ0n) is 10.0. The summed E-state index contributed by atoms with van der Waals surface area (Å²) in [6, 6.07) is 0. The first-order valence-electron chi connectivity index (χ1n) is 6.36. The van der Waals surface area contributed by atoms with Crippen LogP contribution in [0.4, 0.5) is 0 Å². The normalized spacial score (nSPS) is 19.1. The van der Waals surface area contributed by atoms with Crippen LogP contribution in [0.5, 0.6) is 0 Å². The molecule has 0 amide bonds. The van der Waals surface area contributed by atoms with E-state index < -0.39 is 0 Å². The monoisotopic (exact) mass is 246 g/mol. The van der Waals surface area contributed by atoms with Crippen molar-refractivity contribution < 1.29 is 4.74 Å². The number of aromatic nitrogens is 4. The van der Waals surface area contributed by atoms with Gasteiger partial charge in [-0.3, -0.25) is 9.20 Å². The summed E-state index contributed by atoms with van der Waals surface area (Å²) in [4.78, 5) is 12.4. The number of hydrogen-bond donors (Lipinski definition) is 0. The van der Waals surface area contributed by atoms with Gasteiger partial charge in [-0.15, -0.1) is 10.2 Å². The Morgan fingerprint density at radius 3 is 3.11 bits per heavy atom. The first-order valence-corrected chi connectivity index (χ1v) is 6.36. The van der Waals surface area contributed by atoms with Crippen molar-refractivity contribution in [3.8, 4) is 0 Å². The Morgan fingerprint density at radius 2 is 2.28 bits per heavy atom. The molecule has 0 spiro atoms. The van der Waals surface area contributed by atoms with E-state index in [1.54, 1.807) is 10.7 Å². The summed E-state index contributed by atoms with van der Waals surface area (Å²) in [5, 5.41) is 7.79. The fourth-order valence-corrected chi connectivity index (χ4v) is 2.64. The largest absolute Gasteiger partial charge is 0.375 e. The van der Waals surface area contributed by atoms with Crippen molar-refractivity contribution in [1.82, 2.24) is 19.2 Å². The van der Waals surface area contributed by atoms with Crippen molar-refractivity contribution in [3.63, 3.8) is 0 Å². The van der Waals surface area contributed by atoms with Crippen LogP contribution in [0.3, 0.4) is 0 Å². The maximum atomic E-state index is 12.4. The zero-order chi connectivity index (χ0) is 12.1. The van der Waals surface area contributed by atoms with Crippen LogP contribution in [0.2, 0.25) is 0 Å². The van der Waals surface area contributed by atoms with E-state index in [1.807, 2.05) is 4.57 Å². The lowest BCUT2D eigenvalue weighted by Crippen LogP contribution is -2.32. The van der Waals surface area contributed by atoms with Crippen molar-refractivity contribution in [2.45, 2.75) is 32.4 Å². The summed E-state index contributed by atoms with van der Waals surface area (Å²) in [6.07, 6.45) is 4.86. The maximum Gasteiger partial charge on any atom is 0.296 e. The second kappa shape index (κ2) is 3.65. The van der Waals surface area contributed by atoms with Crippen LogP contribution >= 0.6 is 0 Å². The van der Waals surface area contributed by atoms with Gasteiger partial charge in [-0.1, -0.05) is 0 Å². The van der Waals surface area contributed by atoms with Crippen LogP contribution in [-0.4, -0.2) is 25.8 Å². The fraction of sp³-hybridized carbons (Fsp3) is 0.583. The standard InChI is InChI=1S/C12H14N4O2/c17-12-11-14-13-7-16(11)10-6-18-4-3-9(10)15(12)5-8-1-2-8/h7-8H,1-6H2. The summed E-state index contributed by atoms with van der Waals surface area (Å²) < 4.78 is 9.18. The quantitative estimate of drug-likeness (QED) is 0.768. The molecule has 1 saturated carbocycles. The van der Waals surface area contributed by atoms with Crippen molar-refractivity contribution >= 4 is 5.65 Å². The Morgan fingerprint density at radius 1 is 1.39 bits per heavy atom. The SMILES string of the molecule is O=c1c2nncn2c2c(n1CC1CC1)CCOC2. The van der Waals surface area contributed by atoms with E-state index in [2.05, 4.69) is 10.2 Å². The average molecular weight is 246 g/mol. The molecular weight excluding hydrogens is 232 g/mol. The van der Waals surface area contributed by atoms with Crippen LogP contribution in [0.25, 0.3) is 5.65 Å². The molecule has 2 aliphatic rings. The van der Waals surface area contributed by atoms with Gasteiger partial charge in [-0.05, 0) is 18.8 Å². The van der Waals surface area contributed by atoms with Gasteiger partial charge < -0.3 is 9.30 Å². The van der Waals surface area contributed by atoms with Gasteiger partial charge in [-0.2, -0.15) is 0 Å². The molecule has 6 nitrogen and oxygen atoms in total. The van der Waals surface area contributed by atoms with E-state index in [4.69, 9.17) is 4.74 Å². The van der Waals surface area contributed by atoms with E-state index in [9.17, 15) is 4.79 Å². The molecule has 0 unspecified atom stereocenters. The maximum absolute atomic E-state index is 12.4. The van der Waals surface area contributed by atoms with Gasteiger partial charge in [0.05, 0.1) is 18.9 Å². The van der Waals surface area contributed by atoms with Crippen molar-refractivity contribution in [2.24, 2.45) is 5.92 Å². The van der Waals surface area contributed by atoms with Gasteiger partial charge >= 0.3 is 0 Å².